The van der Waals surface area contributed by atoms with Crippen molar-refractivity contribution in [2.45, 2.75) is 26.0 Å². The maximum absolute atomic E-state index is 13.5. The smallest absolute Gasteiger partial charge is 0.123 e. The summed E-state index contributed by atoms with van der Waals surface area (Å²) in [7, 11) is 1.86. The van der Waals surface area contributed by atoms with E-state index in [0.717, 1.165) is 21.3 Å². The van der Waals surface area contributed by atoms with Gasteiger partial charge in [0.05, 0.1) is 12.1 Å². The van der Waals surface area contributed by atoms with Gasteiger partial charge in [0.1, 0.15) is 11.6 Å². The molecule has 0 saturated carbocycles. The van der Waals surface area contributed by atoms with Crippen LogP contribution in [-0.4, -0.2) is 13.2 Å². The summed E-state index contributed by atoms with van der Waals surface area (Å²) < 4.78 is 20.1. The molecular weight excluding hydrogens is 333 g/mol. The SMILES string of the molecule is CNC(c1cccc(OC(C)C)c1)c1cc(F)ccc1Br. The van der Waals surface area contributed by atoms with Crippen molar-refractivity contribution in [1.82, 2.24) is 5.32 Å². The lowest BCUT2D eigenvalue weighted by atomic mass is 9.98. The van der Waals surface area contributed by atoms with Crippen molar-refractivity contribution >= 4 is 15.9 Å². The molecule has 2 nitrogen and oxygen atoms in total. The maximum atomic E-state index is 13.5. The molecule has 2 aromatic carbocycles. The molecule has 21 heavy (non-hydrogen) atoms. The molecule has 112 valence electrons. The summed E-state index contributed by atoms with van der Waals surface area (Å²) in [5, 5.41) is 3.23. The lowest BCUT2D eigenvalue weighted by Gasteiger charge is -2.20. The zero-order valence-corrected chi connectivity index (χ0v) is 13.9. The largest absolute Gasteiger partial charge is 0.491 e. The predicted octanol–water partition coefficient (Wildman–Crippen LogP) is 4.68. The molecule has 0 saturated heterocycles. The highest BCUT2D eigenvalue weighted by Crippen LogP contribution is 2.30. The van der Waals surface area contributed by atoms with Crippen LogP contribution in [0.25, 0.3) is 0 Å². The molecular formula is C17H19BrFNO. The van der Waals surface area contributed by atoms with E-state index in [1.54, 1.807) is 12.1 Å². The summed E-state index contributed by atoms with van der Waals surface area (Å²) in [5.74, 6) is 0.568. The standard InChI is InChI=1S/C17H19BrFNO/c1-11(2)21-14-6-4-5-12(9-14)17(20-3)15-10-13(19)7-8-16(15)18/h4-11,17,20H,1-3H3. The van der Waals surface area contributed by atoms with Gasteiger partial charge in [0.2, 0.25) is 0 Å². The fraction of sp³-hybridized carbons (Fsp3) is 0.294. The number of halogens is 2. The predicted molar refractivity (Wildman–Crippen MR) is 87.2 cm³/mol. The molecule has 0 radical (unpaired) electrons. The number of benzene rings is 2. The van der Waals surface area contributed by atoms with Crippen LogP contribution in [0.4, 0.5) is 4.39 Å². The molecule has 1 N–H and O–H groups in total. The van der Waals surface area contributed by atoms with Gasteiger partial charge in [-0.05, 0) is 62.4 Å². The van der Waals surface area contributed by atoms with Crippen molar-refractivity contribution in [2.24, 2.45) is 0 Å². The second-order valence-electron chi connectivity index (χ2n) is 5.13. The molecule has 0 aromatic heterocycles. The van der Waals surface area contributed by atoms with Crippen molar-refractivity contribution in [2.75, 3.05) is 7.05 Å². The zero-order valence-electron chi connectivity index (χ0n) is 12.4. The molecule has 0 amide bonds. The Morgan fingerprint density at radius 2 is 1.90 bits per heavy atom. The average Bonchev–Trinajstić information content (AvgIpc) is 2.43. The van der Waals surface area contributed by atoms with E-state index >= 15 is 0 Å². The van der Waals surface area contributed by atoms with Gasteiger partial charge >= 0.3 is 0 Å². The quantitative estimate of drug-likeness (QED) is 0.843. The fourth-order valence-corrected chi connectivity index (χ4v) is 2.75. The van der Waals surface area contributed by atoms with E-state index in [1.807, 2.05) is 45.2 Å². The van der Waals surface area contributed by atoms with Crippen LogP contribution in [-0.2, 0) is 0 Å². The van der Waals surface area contributed by atoms with Gasteiger partial charge in [0, 0.05) is 4.47 Å². The highest BCUT2D eigenvalue weighted by atomic mass is 79.9. The second kappa shape index (κ2) is 7.05. The summed E-state index contributed by atoms with van der Waals surface area (Å²) in [6.45, 7) is 3.98. The maximum Gasteiger partial charge on any atom is 0.123 e. The molecule has 0 aliphatic carbocycles. The number of rotatable bonds is 5. The first-order valence-electron chi connectivity index (χ1n) is 6.90. The third-order valence-electron chi connectivity index (χ3n) is 3.12. The molecule has 0 aliphatic rings. The first-order chi connectivity index (χ1) is 10.0. The van der Waals surface area contributed by atoms with E-state index in [0.29, 0.717) is 0 Å². The van der Waals surface area contributed by atoms with Crippen LogP contribution in [0.5, 0.6) is 5.75 Å². The van der Waals surface area contributed by atoms with E-state index in [2.05, 4.69) is 21.2 Å². The number of nitrogens with one attached hydrogen (secondary N) is 1. The molecule has 4 heteroatoms. The van der Waals surface area contributed by atoms with Crippen LogP contribution >= 0.6 is 15.9 Å². The van der Waals surface area contributed by atoms with Crippen molar-refractivity contribution in [3.8, 4) is 5.75 Å². The van der Waals surface area contributed by atoms with Crippen LogP contribution in [0.1, 0.15) is 31.0 Å². The second-order valence-corrected chi connectivity index (χ2v) is 5.98. The Labute approximate surface area is 133 Å². The van der Waals surface area contributed by atoms with Gasteiger partial charge in [0.15, 0.2) is 0 Å². The molecule has 2 aromatic rings. The van der Waals surface area contributed by atoms with Gasteiger partial charge in [-0.15, -0.1) is 0 Å². The van der Waals surface area contributed by atoms with Crippen molar-refractivity contribution in [3.05, 3.63) is 63.9 Å². The van der Waals surface area contributed by atoms with Crippen molar-refractivity contribution < 1.29 is 9.13 Å². The number of hydrogen-bond acceptors (Lipinski definition) is 2. The van der Waals surface area contributed by atoms with Crippen LogP contribution in [0.15, 0.2) is 46.9 Å². The highest BCUT2D eigenvalue weighted by Gasteiger charge is 2.16. The third-order valence-corrected chi connectivity index (χ3v) is 3.84. The lowest BCUT2D eigenvalue weighted by molar-refractivity contribution is 0.242. The van der Waals surface area contributed by atoms with Crippen LogP contribution in [0.3, 0.4) is 0 Å². The molecule has 0 spiro atoms. The van der Waals surface area contributed by atoms with Gasteiger partial charge in [-0.25, -0.2) is 4.39 Å². The van der Waals surface area contributed by atoms with E-state index in [-0.39, 0.29) is 18.0 Å². The number of ether oxygens (including phenoxy) is 1. The minimum absolute atomic E-state index is 0.106. The minimum Gasteiger partial charge on any atom is -0.491 e. The molecule has 0 fully saturated rings. The minimum atomic E-state index is -0.247. The Balaban J connectivity index is 2.39. The molecule has 0 aliphatic heterocycles. The van der Waals surface area contributed by atoms with E-state index < -0.39 is 0 Å². The summed E-state index contributed by atoms with van der Waals surface area (Å²) in [6, 6.07) is 12.5. The van der Waals surface area contributed by atoms with Gasteiger partial charge in [-0.3, -0.25) is 0 Å². The summed E-state index contributed by atoms with van der Waals surface area (Å²) in [6.07, 6.45) is 0.120. The Morgan fingerprint density at radius 3 is 2.57 bits per heavy atom. The lowest BCUT2D eigenvalue weighted by Crippen LogP contribution is -2.18. The van der Waals surface area contributed by atoms with Gasteiger partial charge in [-0.1, -0.05) is 28.1 Å². The Kier molecular flexibility index (Phi) is 5.37. The van der Waals surface area contributed by atoms with Crippen LogP contribution in [0.2, 0.25) is 0 Å². The zero-order chi connectivity index (χ0) is 15.4. The summed E-state index contributed by atoms with van der Waals surface area (Å²) >= 11 is 3.49. The van der Waals surface area contributed by atoms with Crippen LogP contribution in [0, 0.1) is 5.82 Å². The molecule has 1 atom stereocenters. The summed E-state index contributed by atoms with van der Waals surface area (Å²) in [4.78, 5) is 0. The molecule has 1 unspecified atom stereocenters. The van der Waals surface area contributed by atoms with Gasteiger partial charge < -0.3 is 10.1 Å². The molecule has 0 heterocycles. The topological polar surface area (TPSA) is 21.3 Å². The van der Waals surface area contributed by atoms with Gasteiger partial charge in [0.25, 0.3) is 0 Å². The van der Waals surface area contributed by atoms with Gasteiger partial charge in [-0.2, -0.15) is 0 Å². The molecule has 0 bridgehead atoms. The molecule has 2 rings (SSSR count). The Hall–Kier alpha value is -1.39. The highest BCUT2D eigenvalue weighted by molar-refractivity contribution is 9.10. The summed E-state index contributed by atoms with van der Waals surface area (Å²) in [5.41, 5.74) is 1.89. The Morgan fingerprint density at radius 1 is 1.14 bits per heavy atom. The fourth-order valence-electron chi connectivity index (χ4n) is 2.28. The third kappa shape index (κ3) is 4.05. The normalized spacial score (nSPS) is 12.5. The number of hydrogen-bond donors (Lipinski definition) is 1. The van der Waals surface area contributed by atoms with Crippen molar-refractivity contribution in [3.63, 3.8) is 0 Å². The van der Waals surface area contributed by atoms with E-state index in [4.69, 9.17) is 4.74 Å². The average molecular weight is 352 g/mol. The first kappa shape index (κ1) is 16.0. The van der Waals surface area contributed by atoms with E-state index in [1.165, 1.54) is 6.07 Å². The first-order valence-corrected chi connectivity index (χ1v) is 7.69. The van der Waals surface area contributed by atoms with Crippen molar-refractivity contribution in [1.29, 1.82) is 0 Å². The Bertz CT molecular complexity index is 615. The van der Waals surface area contributed by atoms with E-state index in [9.17, 15) is 4.39 Å². The monoisotopic (exact) mass is 351 g/mol. The van der Waals surface area contributed by atoms with Crippen LogP contribution < -0.4 is 10.1 Å².